The Morgan fingerprint density at radius 3 is 2.49 bits per heavy atom. The Morgan fingerprint density at radius 2 is 1.74 bits per heavy atom. The van der Waals surface area contributed by atoms with Crippen molar-refractivity contribution in [2.75, 3.05) is 17.2 Å². The van der Waals surface area contributed by atoms with E-state index in [9.17, 15) is 18.8 Å². The van der Waals surface area contributed by atoms with Gasteiger partial charge in [-0.3, -0.25) is 14.3 Å². The molecule has 4 rings (SSSR count). The second-order valence-corrected chi connectivity index (χ2v) is 9.53. The highest BCUT2D eigenvalue weighted by molar-refractivity contribution is 6.30. The van der Waals surface area contributed by atoms with Crippen molar-refractivity contribution in [1.29, 1.82) is 0 Å². The third kappa shape index (κ3) is 7.11. The normalized spacial score (nSPS) is 10.9. The number of carbonyl (C=O) groups excluding carboxylic acids is 3. The summed E-state index contributed by atoms with van der Waals surface area (Å²) < 4.78 is 15.6. The zero-order chi connectivity index (χ0) is 27.9. The summed E-state index contributed by atoms with van der Waals surface area (Å²) in [6.07, 6.45) is 1.61. The number of aromatic nitrogens is 2. The van der Waals surface area contributed by atoms with Crippen molar-refractivity contribution in [2.24, 2.45) is 0 Å². The van der Waals surface area contributed by atoms with E-state index in [0.717, 1.165) is 5.39 Å². The van der Waals surface area contributed by atoms with E-state index in [-0.39, 0.29) is 48.2 Å². The van der Waals surface area contributed by atoms with Gasteiger partial charge in [-0.15, -0.1) is 0 Å². The van der Waals surface area contributed by atoms with Gasteiger partial charge in [0.25, 0.3) is 0 Å². The Morgan fingerprint density at radius 1 is 1.00 bits per heavy atom. The van der Waals surface area contributed by atoms with Crippen LogP contribution in [0.5, 0.6) is 0 Å². The number of benzene rings is 3. The Kier molecular flexibility index (Phi) is 8.77. The van der Waals surface area contributed by atoms with Crippen LogP contribution in [-0.4, -0.2) is 45.1 Å². The molecule has 0 radical (unpaired) electrons. The first-order valence-corrected chi connectivity index (χ1v) is 12.7. The molecule has 0 bridgehead atoms. The molecule has 9 nitrogen and oxygen atoms in total. The van der Waals surface area contributed by atoms with Crippen molar-refractivity contribution in [3.63, 3.8) is 0 Å². The molecule has 0 aliphatic rings. The molecule has 0 atom stereocenters. The van der Waals surface area contributed by atoms with Crippen molar-refractivity contribution >= 4 is 51.7 Å². The first-order chi connectivity index (χ1) is 18.7. The van der Waals surface area contributed by atoms with Gasteiger partial charge in [-0.1, -0.05) is 41.9 Å². The fraction of sp³-hybridized carbons (Fsp3) is 0.214. The lowest BCUT2D eigenvalue weighted by molar-refractivity contribution is -0.138. The van der Waals surface area contributed by atoms with Gasteiger partial charge in [0.1, 0.15) is 12.4 Å². The molecule has 0 aliphatic carbocycles. The molecular weight excluding hydrogens is 523 g/mol. The third-order valence-electron chi connectivity index (χ3n) is 5.98. The molecule has 0 spiro atoms. The maximum Gasteiger partial charge on any atom is 0.323 e. The number of anilines is 2. The molecule has 4 aromatic rings. The second-order valence-electron chi connectivity index (χ2n) is 9.13. The number of rotatable bonds is 9. The largest absolute Gasteiger partial charge is 0.350 e. The predicted octanol–water partition coefficient (Wildman–Crippen LogP) is 5.03. The van der Waals surface area contributed by atoms with E-state index >= 15 is 0 Å². The molecule has 1 heterocycles. The number of hydrogen-bond acceptors (Lipinski definition) is 4. The molecule has 0 aliphatic heterocycles. The van der Waals surface area contributed by atoms with E-state index in [0.29, 0.717) is 16.9 Å². The van der Waals surface area contributed by atoms with Crippen LogP contribution in [0.25, 0.3) is 10.9 Å². The highest BCUT2D eigenvalue weighted by Gasteiger charge is 2.22. The number of para-hydroxylation sites is 1. The highest BCUT2D eigenvalue weighted by atomic mass is 35.5. The molecule has 4 amide bonds. The average molecular weight is 551 g/mol. The number of nitrogens with zero attached hydrogens (tertiary/aromatic N) is 3. The smallest absolute Gasteiger partial charge is 0.323 e. The predicted molar refractivity (Wildman–Crippen MR) is 149 cm³/mol. The van der Waals surface area contributed by atoms with Crippen LogP contribution in [0, 0.1) is 5.82 Å². The number of halogens is 2. The molecule has 3 aromatic carbocycles. The van der Waals surface area contributed by atoms with Gasteiger partial charge in [0.15, 0.2) is 0 Å². The lowest BCUT2D eigenvalue weighted by Crippen LogP contribution is -2.45. The number of carbonyl (C=O) groups is 3. The van der Waals surface area contributed by atoms with Crippen LogP contribution < -0.4 is 16.0 Å². The van der Waals surface area contributed by atoms with Crippen LogP contribution in [0.3, 0.4) is 0 Å². The summed E-state index contributed by atoms with van der Waals surface area (Å²) in [5.74, 6) is -1.31. The Labute approximate surface area is 229 Å². The van der Waals surface area contributed by atoms with Crippen molar-refractivity contribution in [1.82, 2.24) is 20.0 Å². The van der Waals surface area contributed by atoms with Gasteiger partial charge in [-0.2, -0.15) is 5.10 Å². The highest BCUT2D eigenvalue weighted by Crippen LogP contribution is 2.20. The van der Waals surface area contributed by atoms with Gasteiger partial charge in [0, 0.05) is 34.9 Å². The summed E-state index contributed by atoms with van der Waals surface area (Å²) in [5.41, 5.74) is 2.19. The van der Waals surface area contributed by atoms with Crippen LogP contribution in [0.4, 0.5) is 20.6 Å². The standard InChI is InChI=1S/C28H28ClFN6O3/c1-18(2)35(16-25(37)31-14-19-7-6-10-23(29)27(19)30)26(38)17-36-24-12-11-22(13-20(24)15-32-36)34-28(39)33-21-8-4-3-5-9-21/h3-13,15,18H,14,16-17H2,1-2H3,(H,31,37)(H2,33,34,39). The summed E-state index contributed by atoms with van der Waals surface area (Å²) in [4.78, 5) is 39.4. The van der Waals surface area contributed by atoms with Crippen LogP contribution in [-0.2, 0) is 22.7 Å². The number of amides is 4. The summed E-state index contributed by atoms with van der Waals surface area (Å²) >= 11 is 5.80. The molecule has 11 heteroatoms. The molecule has 3 N–H and O–H groups in total. The minimum Gasteiger partial charge on any atom is -0.350 e. The quantitative estimate of drug-likeness (QED) is 0.272. The van der Waals surface area contributed by atoms with E-state index in [4.69, 9.17) is 11.6 Å². The first kappa shape index (κ1) is 27.6. The number of fused-ring (bicyclic) bond motifs is 1. The maximum absolute atomic E-state index is 14.1. The van der Waals surface area contributed by atoms with Gasteiger partial charge in [-0.25, -0.2) is 9.18 Å². The van der Waals surface area contributed by atoms with Gasteiger partial charge in [0.05, 0.1) is 23.3 Å². The van der Waals surface area contributed by atoms with Crippen molar-refractivity contribution in [3.8, 4) is 0 Å². The summed E-state index contributed by atoms with van der Waals surface area (Å²) in [7, 11) is 0. The van der Waals surface area contributed by atoms with Crippen LogP contribution in [0.15, 0.2) is 72.9 Å². The van der Waals surface area contributed by atoms with E-state index in [2.05, 4.69) is 21.0 Å². The van der Waals surface area contributed by atoms with Crippen LogP contribution in [0.1, 0.15) is 19.4 Å². The fourth-order valence-electron chi connectivity index (χ4n) is 3.97. The summed E-state index contributed by atoms with van der Waals surface area (Å²) in [5, 5.41) is 13.2. The Bertz CT molecular complexity index is 1490. The number of hydrogen-bond donors (Lipinski definition) is 3. The SMILES string of the molecule is CC(C)N(CC(=O)NCc1cccc(Cl)c1F)C(=O)Cn1ncc2cc(NC(=O)Nc3ccccc3)ccc21. The Balaban J connectivity index is 1.37. The van der Waals surface area contributed by atoms with Gasteiger partial charge in [-0.05, 0) is 50.2 Å². The summed E-state index contributed by atoms with van der Waals surface area (Å²) in [6.45, 7) is 3.29. The minimum atomic E-state index is -0.586. The van der Waals surface area contributed by atoms with Crippen LogP contribution in [0.2, 0.25) is 5.02 Å². The molecule has 39 heavy (non-hydrogen) atoms. The lowest BCUT2D eigenvalue weighted by Gasteiger charge is -2.26. The van der Waals surface area contributed by atoms with E-state index in [1.165, 1.54) is 17.0 Å². The molecule has 0 fully saturated rings. The zero-order valence-electron chi connectivity index (χ0n) is 21.4. The number of urea groups is 1. The topological polar surface area (TPSA) is 108 Å². The lowest BCUT2D eigenvalue weighted by atomic mass is 10.2. The van der Waals surface area contributed by atoms with E-state index < -0.39 is 11.7 Å². The van der Waals surface area contributed by atoms with Crippen molar-refractivity contribution in [2.45, 2.75) is 33.0 Å². The maximum atomic E-state index is 14.1. The minimum absolute atomic E-state index is 0.0227. The van der Waals surface area contributed by atoms with E-state index in [1.54, 1.807) is 61.1 Å². The van der Waals surface area contributed by atoms with Gasteiger partial charge in [0.2, 0.25) is 11.8 Å². The first-order valence-electron chi connectivity index (χ1n) is 12.3. The van der Waals surface area contributed by atoms with Gasteiger partial charge >= 0.3 is 6.03 Å². The molecule has 0 saturated heterocycles. The molecule has 1 aromatic heterocycles. The van der Waals surface area contributed by atoms with Crippen molar-refractivity contribution in [3.05, 3.63) is 89.3 Å². The van der Waals surface area contributed by atoms with Crippen molar-refractivity contribution < 1.29 is 18.8 Å². The zero-order valence-corrected chi connectivity index (χ0v) is 22.2. The molecule has 0 saturated carbocycles. The fourth-order valence-corrected chi connectivity index (χ4v) is 4.17. The average Bonchev–Trinajstić information content (AvgIpc) is 3.30. The third-order valence-corrected chi connectivity index (χ3v) is 6.27. The molecule has 202 valence electrons. The van der Waals surface area contributed by atoms with E-state index in [1.807, 2.05) is 18.2 Å². The summed E-state index contributed by atoms with van der Waals surface area (Å²) in [6, 6.07) is 18.3. The van der Waals surface area contributed by atoms with Gasteiger partial charge < -0.3 is 20.9 Å². The second kappa shape index (κ2) is 12.4. The molecular formula is C28H28ClFN6O3. The monoisotopic (exact) mass is 550 g/mol. The number of nitrogens with one attached hydrogen (secondary N) is 3. The van der Waals surface area contributed by atoms with Crippen LogP contribution >= 0.6 is 11.6 Å². The Hall–Kier alpha value is -4.44. The molecule has 0 unspecified atom stereocenters.